The largest absolute Gasteiger partial charge is 0.334 e. The molecule has 1 aromatic carbocycles. The molecule has 0 aromatic heterocycles. The minimum Gasteiger partial charge on any atom is -0.334 e. The first-order valence-electron chi connectivity index (χ1n) is 7.93. The third-order valence-corrected chi connectivity index (χ3v) is 4.69. The number of hydrogen-bond donors (Lipinski definition) is 1. The Morgan fingerprint density at radius 3 is 2.91 bits per heavy atom. The summed E-state index contributed by atoms with van der Waals surface area (Å²) in [6.45, 7) is 3.08. The summed E-state index contributed by atoms with van der Waals surface area (Å²) in [7, 11) is 4.12. The lowest BCUT2D eigenvalue weighted by molar-refractivity contribution is 0.205. The predicted molar refractivity (Wildman–Crippen MR) is 94.1 cm³/mol. The lowest BCUT2D eigenvalue weighted by Crippen LogP contribution is -2.38. The number of halogens is 1. The normalized spacial score (nSPS) is 17.8. The first-order valence-corrected chi connectivity index (χ1v) is 9.32. The van der Waals surface area contributed by atoms with E-state index in [1.165, 1.54) is 6.07 Å². The van der Waals surface area contributed by atoms with Crippen molar-refractivity contribution in [3.05, 3.63) is 35.1 Å². The van der Waals surface area contributed by atoms with Gasteiger partial charge in [0.25, 0.3) is 0 Å². The van der Waals surface area contributed by atoms with Crippen molar-refractivity contribution in [2.45, 2.75) is 18.7 Å². The molecule has 4 nitrogen and oxygen atoms in total. The van der Waals surface area contributed by atoms with Gasteiger partial charge in [-0.25, -0.2) is 9.18 Å². The minimum absolute atomic E-state index is 0.0225. The number of rotatable bonds is 6. The Hall–Kier alpha value is -1.27. The van der Waals surface area contributed by atoms with Gasteiger partial charge in [0.15, 0.2) is 0 Å². The van der Waals surface area contributed by atoms with Gasteiger partial charge in [-0.15, -0.1) is 0 Å². The minimum atomic E-state index is -0.227. The Bertz CT molecular complexity index is 539. The molecule has 1 atom stereocenters. The topological polar surface area (TPSA) is 35.6 Å². The average Bonchev–Trinajstić information content (AvgIpc) is 2.94. The Kier molecular flexibility index (Phi) is 6.72. The molecule has 1 unspecified atom stereocenters. The van der Waals surface area contributed by atoms with Crippen LogP contribution in [0.4, 0.5) is 9.18 Å². The molecular formula is C17H26FN3OS. The number of amides is 2. The number of urea groups is 1. The van der Waals surface area contributed by atoms with Crippen LogP contribution in [0.2, 0.25) is 0 Å². The summed E-state index contributed by atoms with van der Waals surface area (Å²) in [4.78, 5) is 16.4. The van der Waals surface area contributed by atoms with Crippen molar-refractivity contribution in [2.75, 3.05) is 40.0 Å². The number of likely N-dealkylation sites (tertiary alicyclic amines) is 1. The van der Waals surface area contributed by atoms with Crippen molar-refractivity contribution in [3.8, 4) is 0 Å². The molecule has 0 spiro atoms. The summed E-state index contributed by atoms with van der Waals surface area (Å²) in [5, 5.41) is 2.97. The third-order valence-electron chi connectivity index (χ3n) is 4.09. The van der Waals surface area contributed by atoms with Gasteiger partial charge < -0.3 is 15.1 Å². The zero-order valence-corrected chi connectivity index (χ0v) is 15.0. The molecule has 128 valence electrons. The van der Waals surface area contributed by atoms with Crippen LogP contribution in [-0.2, 0) is 12.3 Å². The van der Waals surface area contributed by atoms with Gasteiger partial charge in [0.2, 0.25) is 0 Å². The highest BCUT2D eigenvalue weighted by Crippen LogP contribution is 2.18. The summed E-state index contributed by atoms with van der Waals surface area (Å²) in [6, 6.07) is 4.75. The van der Waals surface area contributed by atoms with Crippen LogP contribution in [0.3, 0.4) is 0 Å². The Morgan fingerprint density at radius 1 is 1.43 bits per heavy atom. The molecule has 0 radical (unpaired) electrons. The quantitative estimate of drug-likeness (QED) is 0.866. The Labute approximate surface area is 142 Å². The second-order valence-electron chi connectivity index (χ2n) is 6.37. The van der Waals surface area contributed by atoms with E-state index < -0.39 is 0 Å². The maximum Gasteiger partial charge on any atom is 0.317 e. The van der Waals surface area contributed by atoms with Crippen LogP contribution in [0.25, 0.3) is 0 Å². The smallest absolute Gasteiger partial charge is 0.317 e. The molecule has 0 bridgehead atoms. The molecular weight excluding hydrogens is 313 g/mol. The molecule has 1 saturated heterocycles. The Balaban J connectivity index is 1.87. The van der Waals surface area contributed by atoms with Crippen LogP contribution in [0.1, 0.15) is 17.5 Å². The molecule has 0 aliphatic carbocycles. The summed E-state index contributed by atoms with van der Waals surface area (Å²) in [5.74, 6) is 1.07. The molecule has 2 amide bonds. The second-order valence-corrected chi connectivity index (χ2v) is 7.23. The molecule has 1 aromatic rings. The van der Waals surface area contributed by atoms with Gasteiger partial charge in [0.1, 0.15) is 5.82 Å². The second kappa shape index (κ2) is 8.55. The fraction of sp³-hybridized carbons (Fsp3) is 0.588. The van der Waals surface area contributed by atoms with Gasteiger partial charge >= 0.3 is 6.03 Å². The van der Waals surface area contributed by atoms with E-state index in [-0.39, 0.29) is 11.8 Å². The summed E-state index contributed by atoms with van der Waals surface area (Å²) in [6.07, 6.45) is 3.04. The number of thioether (sulfide) groups is 1. The molecule has 1 aliphatic heterocycles. The van der Waals surface area contributed by atoms with Crippen molar-refractivity contribution in [1.29, 1.82) is 0 Å². The van der Waals surface area contributed by atoms with Crippen molar-refractivity contribution < 1.29 is 9.18 Å². The standard InChI is InChI=1S/C17H26FN3OS/c1-20(2)10-13-6-7-21(11-13)17(22)19-9-14-4-5-16(18)8-15(14)12-23-3/h4-5,8,13H,6-7,9-12H2,1-3H3,(H,19,22). The molecule has 1 aliphatic rings. The number of nitrogens with zero attached hydrogens (tertiary/aromatic N) is 2. The molecule has 2 rings (SSSR count). The Morgan fingerprint density at radius 2 is 2.22 bits per heavy atom. The fourth-order valence-electron chi connectivity index (χ4n) is 3.02. The van der Waals surface area contributed by atoms with Gasteiger partial charge in [-0.05, 0) is 55.9 Å². The van der Waals surface area contributed by atoms with Crippen molar-refractivity contribution in [3.63, 3.8) is 0 Å². The van der Waals surface area contributed by atoms with Crippen molar-refractivity contribution >= 4 is 17.8 Å². The summed E-state index contributed by atoms with van der Waals surface area (Å²) >= 11 is 1.65. The van der Waals surface area contributed by atoms with Crippen LogP contribution in [0.15, 0.2) is 18.2 Å². The number of nitrogens with one attached hydrogen (secondary N) is 1. The van der Waals surface area contributed by atoms with E-state index in [0.29, 0.717) is 12.5 Å². The van der Waals surface area contributed by atoms with Gasteiger partial charge in [-0.2, -0.15) is 11.8 Å². The predicted octanol–water partition coefficient (Wildman–Crippen LogP) is 2.78. The fourth-order valence-corrected chi connectivity index (χ4v) is 3.60. The first kappa shape index (κ1) is 18.1. The zero-order chi connectivity index (χ0) is 16.8. The van der Waals surface area contributed by atoms with E-state index in [0.717, 1.165) is 42.9 Å². The van der Waals surface area contributed by atoms with Gasteiger partial charge in [-0.1, -0.05) is 6.07 Å². The van der Waals surface area contributed by atoms with E-state index >= 15 is 0 Å². The van der Waals surface area contributed by atoms with Crippen molar-refractivity contribution in [1.82, 2.24) is 15.1 Å². The highest BCUT2D eigenvalue weighted by atomic mass is 32.2. The van der Waals surface area contributed by atoms with Crippen LogP contribution < -0.4 is 5.32 Å². The number of hydrogen-bond acceptors (Lipinski definition) is 3. The lowest BCUT2D eigenvalue weighted by atomic mass is 10.1. The molecule has 23 heavy (non-hydrogen) atoms. The highest BCUT2D eigenvalue weighted by Gasteiger charge is 2.26. The first-order chi connectivity index (χ1) is 11.0. The molecule has 1 heterocycles. The van der Waals surface area contributed by atoms with Gasteiger partial charge in [-0.3, -0.25) is 0 Å². The van der Waals surface area contributed by atoms with E-state index in [4.69, 9.17) is 0 Å². The molecule has 1 fully saturated rings. The zero-order valence-electron chi connectivity index (χ0n) is 14.1. The van der Waals surface area contributed by atoms with Gasteiger partial charge in [0, 0.05) is 31.9 Å². The number of carbonyl (C=O) groups is 1. The molecule has 0 saturated carbocycles. The monoisotopic (exact) mass is 339 g/mol. The third kappa shape index (κ3) is 5.39. The molecule has 1 N–H and O–H groups in total. The van der Waals surface area contributed by atoms with E-state index in [2.05, 4.69) is 24.3 Å². The average molecular weight is 339 g/mol. The van der Waals surface area contributed by atoms with Crippen LogP contribution in [-0.4, -0.2) is 55.8 Å². The van der Waals surface area contributed by atoms with E-state index in [1.807, 2.05) is 11.2 Å². The van der Waals surface area contributed by atoms with Crippen molar-refractivity contribution in [2.24, 2.45) is 5.92 Å². The van der Waals surface area contributed by atoms with E-state index in [9.17, 15) is 9.18 Å². The molecule has 6 heteroatoms. The van der Waals surface area contributed by atoms with E-state index in [1.54, 1.807) is 23.9 Å². The maximum absolute atomic E-state index is 13.4. The summed E-state index contributed by atoms with van der Waals surface area (Å²) < 4.78 is 13.4. The summed E-state index contributed by atoms with van der Waals surface area (Å²) in [5.41, 5.74) is 1.93. The SMILES string of the molecule is CSCc1cc(F)ccc1CNC(=O)N1CCC(CN(C)C)C1. The van der Waals surface area contributed by atoms with Crippen LogP contribution in [0.5, 0.6) is 0 Å². The number of carbonyl (C=O) groups excluding carboxylic acids is 1. The van der Waals surface area contributed by atoms with Gasteiger partial charge in [0.05, 0.1) is 0 Å². The number of benzene rings is 1. The lowest BCUT2D eigenvalue weighted by Gasteiger charge is -2.19. The highest BCUT2D eigenvalue weighted by molar-refractivity contribution is 7.97. The maximum atomic E-state index is 13.4. The van der Waals surface area contributed by atoms with Crippen LogP contribution in [0, 0.1) is 11.7 Å². The van der Waals surface area contributed by atoms with Crippen LogP contribution >= 0.6 is 11.8 Å².